The highest BCUT2D eigenvalue weighted by molar-refractivity contribution is 6.32. The summed E-state index contributed by atoms with van der Waals surface area (Å²) in [6, 6.07) is 6.06. The second-order valence-corrected chi connectivity index (χ2v) is 7.81. The third-order valence-electron chi connectivity index (χ3n) is 5.14. The van der Waals surface area contributed by atoms with Crippen LogP contribution in [0.2, 0.25) is 5.02 Å². The van der Waals surface area contributed by atoms with Gasteiger partial charge in [0.25, 0.3) is 5.56 Å². The fourth-order valence-corrected chi connectivity index (χ4v) is 3.49. The van der Waals surface area contributed by atoms with Crippen LogP contribution >= 0.6 is 11.6 Å². The molecule has 2 aromatic carbocycles. The normalized spacial score (nSPS) is 11.6. The molecule has 0 aliphatic carbocycles. The van der Waals surface area contributed by atoms with Crippen molar-refractivity contribution in [2.45, 2.75) is 13.8 Å². The van der Waals surface area contributed by atoms with Gasteiger partial charge in [-0.05, 0) is 43.7 Å². The van der Waals surface area contributed by atoms with Gasteiger partial charge in [-0.25, -0.2) is 8.78 Å². The van der Waals surface area contributed by atoms with E-state index >= 15 is 4.39 Å². The maximum absolute atomic E-state index is 15.1. The molecule has 0 aliphatic heterocycles. The first-order valence-corrected chi connectivity index (χ1v) is 10.5. The SMILES string of the molecule is C=C(C)c1nn(-c2c(F)cccc2Cl)c(=O)c2cc(N(C=O)/N=C(/CO)N(C)CC)c(F)cc12. The first-order chi connectivity index (χ1) is 16.1. The van der Waals surface area contributed by atoms with Crippen LogP contribution in [0.3, 0.4) is 0 Å². The van der Waals surface area contributed by atoms with E-state index in [2.05, 4.69) is 16.8 Å². The van der Waals surface area contributed by atoms with Crippen molar-refractivity contribution < 1.29 is 18.7 Å². The van der Waals surface area contributed by atoms with Crippen LogP contribution in [0.15, 0.2) is 46.8 Å². The number of fused-ring (bicyclic) bond motifs is 1. The number of benzene rings is 2. The first-order valence-electron chi connectivity index (χ1n) is 10.1. The summed E-state index contributed by atoms with van der Waals surface area (Å²) in [5.41, 5.74) is -0.892. The number of hydrogen-bond acceptors (Lipinski definition) is 5. The summed E-state index contributed by atoms with van der Waals surface area (Å²) in [5, 5.41) is 18.5. The Morgan fingerprint density at radius 1 is 1.29 bits per heavy atom. The summed E-state index contributed by atoms with van der Waals surface area (Å²) in [5.74, 6) is -1.56. The van der Waals surface area contributed by atoms with Crippen molar-refractivity contribution in [3.63, 3.8) is 0 Å². The van der Waals surface area contributed by atoms with E-state index in [1.165, 1.54) is 12.1 Å². The minimum atomic E-state index is -0.870. The molecule has 0 spiro atoms. The molecule has 1 N–H and O–H groups in total. The zero-order valence-corrected chi connectivity index (χ0v) is 19.5. The summed E-state index contributed by atoms with van der Waals surface area (Å²) in [6.45, 7) is 7.18. The lowest BCUT2D eigenvalue weighted by molar-refractivity contribution is -0.107. The topological polar surface area (TPSA) is 91.0 Å². The molecule has 1 aromatic heterocycles. The Hall–Kier alpha value is -3.63. The molecule has 1 amide bonds. The molecule has 0 aliphatic rings. The minimum Gasteiger partial charge on any atom is -0.388 e. The number of aromatic nitrogens is 2. The molecule has 0 atom stereocenters. The highest BCUT2D eigenvalue weighted by Crippen LogP contribution is 2.29. The quantitative estimate of drug-likeness (QED) is 0.237. The Labute approximate surface area is 199 Å². The molecular weight excluding hydrogens is 468 g/mol. The minimum absolute atomic E-state index is 0.0572. The largest absolute Gasteiger partial charge is 0.388 e. The average molecular weight is 490 g/mol. The van der Waals surface area contributed by atoms with Gasteiger partial charge in [0.1, 0.15) is 23.8 Å². The zero-order valence-electron chi connectivity index (χ0n) is 18.7. The molecule has 11 heteroatoms. The number of carbonyl (C=O) groups excluding carboxylic acids is 1. The molecule has 0 saturated carbocycles. The van der Waals surface area contributed by atoms with Gasteiger partial charge in [-0.2, -0.15) is 14.8 Å². The van der Waals surface area contributed by atoms with Crippen molar-refractivity contribution >= 4 is 45.9 Å². The lowest BCUT2D eigenvalue weighted by Gasteiger charge is -2.21. The van der Waals surface area contributed by atoms with Gasteiger partial charge in [-0.1, -0.05) is 24.2 Å². The zero-order chi connectivity index (χ0) is 25.2. The molecular formula is C23H22ClF2N5O3. The third-order valence-corrected chi connectivity index (χ3v) is 5.45. The van der Waals surface area contributed by atoms with E-state index in [1.807, 2.05) is 0 Å². The highest BCUT2D eigenvalue weighted by atomic mass is 35.5. The number of nitrogens with zero attached hydrogens (tertiary/aromatic N) is 5. The smallest absolute Gasteiger partial charge is 0.279 e. The predicted octanol–water partition coefficient (Wildman–Crippen LogP) is 3.57. The van der Waals surface area contributed by atoms with Crippen molar-refractivity contribution in [3.05, 3.63) is 69.6 Å². The van der Waals surface area contributed by atoms with E-state index in [0.717, 1.165) is 22.9 Å². The monoisotopic (exact) mass is 489 g/mol. The van der Waals surface area contributed by atoms with Gasteiger partial charge >= 0.3 is 0 Å². The number of likely N-dealkylation sites (N-methyl/N-ethyl adjacent to an activating group) is 1. The van der Waals surface area contributed by atoms with Crippen LogP contribution in [0.1, 0.15) is 19.5 Å². The molecule has 0 fully saturated rings. The van der Waals surface area contributed by atoms with Crippen LogP contribution in [0.4, 0.5) is 14.5 Å². The number of hydrogen-bond donors (Lipinski definition) is 1. The van der Waals surface area contributed by atoms with Gasteiger partial charge in [-0.15, -0.1) is 5.10 Å². The lowest BCUT2D eigenvalue weighted by Crippen LogP contribution is -2.32. The maximum atomic E-state index is 15.1. The van der Waals surface area contributed by atoms with E-state index in [-0.39, 0.29) is 45.1 Å². The predicted molar refractivity (Wildman–Crippen MR) is 128 cm³/mol. The number of aliphatic hydroxyl groups excluding tert-OH is 1. The second-order valence-electron chi connectivity index (χ2n) is 7.40. The Kier molecular flexibility index (Phi) is 7.43. The first kappa shape index (κ1) is 25.0. The molecule has 0 unspecified atom stereocenters. The Morgan fingerprint density at radius 3 is 2.56 bits per heavy atom. The lowest BCUT2D eigenvalue weighted by atomic mass is 10.1. The number of hydrazone groups is 1. The number of halogens is 3. The molecule has 0 bridgehead atoms. The summed E-state index contributed by atoms with van der Waals surface area (Å²) in [7, 11) is 1.64. The number of carbonyl (C=O) groups is 1. The van der Waals surface area contributed by atoms with Crippen LogP contribution in [0.25, 0.3) is 22.0 Å². The number of rotatable bonds is 7. The average Bonchev–Trinajstić information content (AvgIpc) is 2.80. The van der Waals surface area contributed by atoms with E-state index in [1.54, 1.807) is 25.8 Å². The number of amidine groups is 1. The summed E-state index contributed by atoms with van der Waals surface area (Å²) < 4.78 is 30.5. The molecule has 178 valence electrons. The van der Waals surface area contributed by atoms with Crippen molar-refractivity contribution in [1.29, 1.82) is 0 Å². The molecule has 0 saturated heterocycles. The number of anilines is 1. The van der Waals surface area contributed by atoms with Gasteiger partial charge in [0, 0.05) is 19.0 Å². The summed E-state index contributed by atoms with van der Waals surface area (Å²) in [4.78, 5) is 26.7. The number of para-hydroxylation sites is 1. The standard InChI is InChI=1S/C23H22ClF2N5O3/c1-5-29(4)20(11-32)27-30(12-33)19-10-15-14(9-18(19)26)21(13(2)3)28-31(23(15)34)22-16(24)7-6-8-17(22)25/h6-10,12,32H,2,5,11H2,1,3-4H3/b27-20-. The van der Waals surface area contributed by atoms with E-state index < -0.39 is 23.8 Å². The molecule has 3 aromatic rings. The van der Waals surface area contributed by atoms with Gasteiger partial charge in [0.15, 0.2) is 11.7 Å². The highest BCUT2D eigenvalue weighted by Gasteiger charge is 2.21. The van der Waals surface area contributed by atoms with Gasteiger partial charge in [0.05, 0.1) is 16.1 Å². The Bertz CT molecular complexity index is 1350. The van der Waals surface area contributed by atoms with Crippen molar-refractivity contribution in [3.8, 4) is 5.69 Å². The fraction of sp³-hybridized carbons (Fsp3) is 0.217. The Morgan fingerprint density at radius 2 is 2.00 bits per heavy atom. The van der Waals surface area contributed by atoms with Crippen molar-refractivity contribution in [2.24, 2.45) is 5.10 Å². The summed E-state index contributed by atoms with van der Waals surface area (Å²) in [6.07, 6.45) is 0.247. The summed E-state index contributed by atoms with van der Waals surface area (Å²) >= 11 is 6.14. The van der Waals surface area contributed by atoms with Crippen LogP contribution < -0.4 is 10.6 Å². The number of aliphatic hydroxyl groups is 1. The van der Waals surface area contributed by atoms with E-state index in [0.29, 0.717) is 17.1 Å². The second kappa shape index (κ2) is 10.1. The molecule has 34 heavy (non-hydrogen) atoms. The van der Waals surface area contributed by atoms with Gasteiger partial charge in [0.2, 0.25) is 6.41 Å². The molecule has 1 heterocycles. The molecule has 0 radical (unpaired) electrons. The van der Waals surface area contributed by atoms with Crippen LogP contribution in [0.5, 0.6) is 0 Å². The van der Waals surface area contributed by atoms with Crippen LogP contribution in [0, 0.1) is 11.6 Å². The van der Waals surface area contributed by atoms with Crippen LogP contribution in [-0.2, 0) is 4.79 Å². The molecule has 3 rings (SSSR count). The fourth-order valence-electron chi connectivity index (χ4n) is 3.25. The van der Waals surface area contributed by atoms with Crippen molar-refractivity contribution in [2.75, 3.05) is 25.2 Å². The van der Waals surface area contributed by atoms with Gasteiger partial charge in [-0.3, -0.25) is 9.59 Å². The number of allylic oxidation sites excluding steroid dienone is 1. The molecule has 8 nitrogen and oxygen atoms in total. The maximum Gasteiger partial charge on any atom is 0.279 e. The Balaban J connectivity index is 2.37. The van der Waals surface area contributed by atoms with Gasteiger partial charge < -0.3 is 10.0 Å². The number of amides is 1. The van der Waals surface area contributed by atoms with Crippen LogP contribution in [-0.4, -0.2) is 52.2 Å². The third kappa shape index (κ3) is 4.55. The van der Waals surface area contributed by atoms with E-state index in [9.17, 15) is 19.1 Å². The van der Waals surface area contributed by atoms with E-state index in [4.69, 9.17) is 11.6 Å². The van der Waals surface area contributed by atoms with Crippen molar-refractivity contribution in [1.82, 2.24) is 14.7 Å².